The van der Waals surface area contributed by atoms with E-state index < -0.39 is 0 Å². The van der Waals surface area contributed by atoms with E-state index in [4.69, 9.17) is 18.0 Å². The van der Waals surface area contributed by atoms with Gasteiger partial charge in [-0.15, -0.1) is 0 Å². The predicted molar refractivity (Wildman–Crippen MR) is 88.3 cm³/mol. The summed E-state index contributed by atoms with van der Waals surface area (Å²) in [4.78, 5) is 2.88. The second kappa shape index (κ2) is 6.57. The molecule has 0 bridgehead atoms. The molecule has 0 aliphatic carbocycles. The van der Waals surface area contributed by atoms with Crippen LogP contribution in [0.25, 0.3) is 0 Å². The lowest BCUT2D eigenvalue weighted by Gasteiger charge is -2.24. The topological polar surface area (TPSA) is 47.1 Å². The van der Waals surface area contributed by atoms with Gasteiger partial charge in [-0.25, -0.2) is 0 Å². The molecule has 2 heterocycles. The fourth-order valence-electron chi connectivity index (χ4n) is 3.37. The lowest BCUT2D eigenvalue weighted by molar-refractivity contribution is 0.435. The Bertz CT molecular complexity index is 480. The number of anilines is 1. The minimum Gasteiger partial charge on any atom is -0.389 e. The van der Waals surface area contributed by atoms with Crippen molar-refractivity contribution in [2.75, 3.05) is 18.0 Å². The minimum atomic E-state index is 0.458. The Kier molecular flexibility index (Phi) is 5.02. The molecule has 0 amide bonds. The third-order valence-corrected chi connectivity index (χ3v) is 4.49. The van der Waals surface area contributed by atoms with Crippen molar-refractivity contribution >= 4 is 23.0 Å². The van der Waals surface area contributed by atoms with Crippen molar-refractivity contribution in [3.05, 3.63) is 11.3 Å². The number of thiocarbonyl (C=S) groups is 1. The van der Waals surface area contributed by atoms with Gasteiger partial charge in [-0.05, 0) is 32.1 Å². The summed E-state index contributed by atoms with van der Waals surface area (Å²) in [5.74, 6) is 1.97. The molecule has 1 aliphatic rings. The molecule has 1 unspecified atom stereocenters. The summed E-state index contributed by atoms with van der Waals surface area (Å²) in [6.07, 6.45) is 6.47. The van der Waals surface area contributed by atoms with Gasteiger partial charge < -0.3 is 10.6 Å². The molecule has 5 heteroatoms. The average Bonchev–Trinajstić information content (AvgIpc) is 2.56. The summed E-state index contributed by atoms with van der Waals surface area (Å²) >= 11 is 5.22. The average molecular weight is 294 g/mol. The third-order valence-electron chi connectivity index (χ3n) is 4.28. The number of aromatic nitrogens is 2. The Morgan fingerprint density at radius 3 is 2.80 bits per heavy atom. The van der Waals surface area contributed by atoms with E-state index in [9.17, 15) is 0 Å². The maximum atomic E-state index is 5.90. The van der Waals surface area contributed by atoms with Gasteiger partial charge in [0.1, 0.15) is 10.8 Å². The monoisotopic (exact) mass is 294 g/mol. The van der Waals surface area contributed by atoms with Crippen molar-refractivity contribution in [1.29, 1.82) is 0 Å². The SMILES string of the molecule is CCCC1CCCN(c2c(C(N)=S)c(C)nn2C)CC1. The van der Waals surface area contributed by atoms with Gasteiger partial charge in [0.05, 0.1) is 11.3 Å². The molecule has 2 N–H and O–H groups in total. The van der Waals surface area contributed by atoms with Crippen LogP contribution in [-0.4, -0.2) is 27.9 Å². The summed E-state index contributed by atoms with van der Waals surface area (Å²) in [7, 11) is 1.98. The van der Waals surface area contributed by atoms with E-state index >= 15 is 0 Å². The molecular weight excluding hydrogens is 268 g/mol. The van der Waals surface area contributed by atoms with Crippen LogP contribution in [0.3, 0.4) is 0 Å². The highest BCUT2D eigenvalue weighted by molar-refractivity contribution is 7.80. The van der Waals surface area contributed by atoms with Gasteiger partial charge in [0.2, 0.25) is 0 Å². The van der Waals surface area contributed by atoms with Crippen LogP contribution in [0, 0.1) is 12.8 Å². The van der Waals surface area contributed by atoms with Crippen LogP contribution in [0.1, 0.15) is 50.3 Å². The summed E-state index contributed by atoms with van der Waals surface area (Å²) < 4.78 is 1.93. The summed E-state index contributed by atoms with van der Waals surface area (Å²) in [6, 6.07) is 0. The second-order valence-electron chi connectivity index (χ2n) is 5.84. The third kappa shape index (κ3) is 3.14. The standard InChI is InChI=1S/C15H26N4S/c1-4-6-12-7-5-9-19(10-8-12)15-13(14(16)20)11(2)17-18(15)3/h12H,4-10H2,1-3H3,(H2,16,20). The van der Waals surface area contributed by atoms with Gasteiger partial charge in [-0.1, -0.05) is 32.0 Å². The van der Waals surface area contributed by atoms with Crippen molar-refractivity contribution in [2.24, 2.45) is 18.7 Å². The Morgan fingerprint density at radius 2 is 2.15 bits per heavy atom. The zero-order chi connectivity index (χ0) is 14.7. The number of nitrogens with two attached hydrogens (primary N) is 1. The number of aryl methyl sites for hydroxylation is 2. The van der Waals surface area contributed by atoms with Crippen LogP contribution >= 0.6 is 12.2 Å². The van der Waals surface area contributed by atoms with Crippen LogP contribution in [-0.2, 0) is 7.05 Å². The Morgan fingerprint density at radius 1 is 1.40 bits per heavy atom. The van der Waals surface area contributed by atoms with Gasteiger partial charge in [0.25, 0.3) is 0 Å². The maximum absolute atomic E-state index is 5.90. The van der Waals surface area contributed by atoms with E-state index in [0.717, 1.165) is 36.1 Å². The fourth-order valence-corrected chi connectivity index (χ4v) is 3.61. The van der Waals surface area contributed by atoms with Crippen molar-refractivity contribution < 1.29 is 0 Å². The van der Waals surface area contributed by atoms with E-state index in [-0.39, 0.29) is 0 Å². The van der Waals surface area contributed by atoms with E-state index in [1.54, 1.807) is 0 Å². The van der Waals surface area contributed by atoms with Gasteiger partial charge in [-0.3, -0.25) is 4.68 Å². The zero-order valence-electron chi connectivity index (χ0n) is 12.9. The molecule has 1 aliphatic heterocycles. The van der Waals surface area contributed by atoms with Crippen molar-refractivity contribution in [3.8, 4) is 0 Å². The summed E-state index contributed by atoms with van der Waals surface area (Å²) in [5, 5.41) is 4.50. The van der Waals surface area contributed by atoms with E-state index in [2.05, 4.69) is 16.9 Å². The lowest BCUT2D eigenvalue weighted by atomic mass is 9.96. The molecule has 112 valence electrons. The molecule has 2 rings (SSSR count). The maximum Gasteiger partial charge on any atom is 0.137 e. The quantitative estimate of drug-likeness (QED) is 0.868. The number of rotatable bonds is 4. The summed E-state index contributed by atoms with van der Waals surface area (Å²) in [5.41, 5.74) is 7.79. The van der Waals surface area contributed by atoms with Crippen LogP contribution in [0.4, 0.5) is 5.82 Å². The summed E-state index contributed by atoms with van der Waals surface area (Å²) in [6.45, 7) is 6.42. The molecule has 4 nitrogen and oxygen atoms in total. The molecular formula is C15H26N4S. The highest BCUT2D eigenvalue weighted by Gasteiger charge is 2.24. The van der Waals surface area contributed by atoms with E-state index in [1.807, 2.05) is 18.7 Å². The minimum absolute atomic E-state index is 0.458. The van der Waals surface area contributed by atoms with Crippen molar-refractivity contribution in [2.45, 2.75) is 46.0 Å². The van der Waals surface area contributed by atoms with Gasteiger partial charge in [0, 0.05) is 20.1 Å². The van der Waals surface area contributed by atoms with Crippen LogP contribution < -0.4 is 10.6 Å². The Hall–Kier alpha value is -1.10. The first kappa shape index (κ1) is 15.3. The highest BCUT2D eigenvalue weighted by atomic mass is 32.1. The number of hydrogen-bond acceptors (Lipinski definition) is 3. The largest absolute Gasteiger partial charge is 0.389 e. The highest BCUT2D eigenvalue weighted by Crippen LogP contribution is 2.28. The molecule has 0 spiro atoms. The normalized spacial score (nSPS) is 19.9. The van der Waals surface area contributed by atoms with Gasteiger partial charge in [0.15, 0.2) is 0 Å². The molecule has 0 saturated carbocycles. The molecule has 0 radical (unpaired) electrons. The van der Waals surface area contributed by atoms with Crippen molar-refractivity contribution in [1.82, 2.24) is 9.78 Å². The first-order valence-electron chi connectivity index (χ1n) is 7.63. The van der Waals surface area contributed by atoms with E-state index in [0.29, 0.717) is 4.99 Å². The van der Waals surface area contributed by atoms with Gasteiger partial charge in [-0.2, -0.15) is 5.10 Å². The first-order chi connectivity index (χ1) is 9.54. The van der Waals surface area contributed by atoms with E-state index in [1.165, 1.54) is 32.1 Å². The van der Waals surface area contributed by atoms with Crippen molar-refractivity contribution in [3.63, 3.8) is 0 Å². The van der Waals surface area contributed by atoms with Gasteiger partial charge >= 0.3 is 0 Å². The molecule has 1 aromatic rings. The molecule has 1 saturated heterocycles. The number of hydrogen-bond donors (Lipinski definition) is 1. The smallest absolute Gasteiger partial charge is 0.137 e. The first-order valence-corrected chi connectivity index (χ1v) is 8.03. The Balaban J connectivity index is 2.21. The molecule has 1 atom stereocenters. The zero-order valence-corrected chi connectivity index (χ0v) is 13.7. The Labute approximate surface area is 127 Å². The lowest BCUT2D eigenvalue weighted by Crippen LogP contribution is -2.29. The van der Waals surface area contributed by atoms with Crippen LogP contribution in [0.15, 0.2) is 0 Å². The molecule has 1 aromatic heterocycles. The molecule has 1 fully saturated rings. The molecule has 20 heavy (non-hydrogen) atoms. The van der Waals surface area contributed by atoms with Crippen LogP contribution in [0.5, 0.6) is 0 Å². The molecule has 0 aromatic carbocycles. The van der Waals surface area contributed by atoms with Crippen LogP contribution in [0.2, 0.25) is 0 Å². The number of nitrogens with zero attached hydrogens (tertiary/aromatic N) is 3. The predicted octanol–water partition coefficient (Wildman–Crippen LogP) is 2.77. The second-order valence-corrected chi connectivity index (χ2v) is 6.28. The fraction of sp³-hybridized carbons (Fsp3) is 0.733.